The van der Waals surface area contributed by atoms with E-state index in [-0.39, 0.29) is 5.97 Å². The first-order valence-corrected chi connectivity index (χ1v) is 4.93. The number of ether oxygens (including phenoxy) is 2. The normalized spacial score (nSPS) is 20.1. The molecule has 1 unspecified atom stereocenters. The Morgan fingerprint density at radius 3 is 3.00 bits per heavy atom. The van der Waals surface area contributed by atoms with Gasteiger partial charge in [-0.3, -0.25) is 0 Å². The van der Waals surface area contributed by atoms with Gasteiger partial charge in [0.05, 0.1) is 11.6 Å². The topological polar surface area (TPSA) is 61.6 Å². The van der Waals surface area contributed by atoms with Crippen LogP contribution in [0.4, 0.5) is 5.69 Å². The third-order valence-electron chi connectivity index (χ3n) is 2.11. The van der Waals surface area contributed by atoms with Crippen LogP contribution in [-0.2, 0) is 9.53 Å². The second-order valence-corrected chi connectivity index (χ2v) is 3.66. The fraction of sp³-hybridized carbons (Fsp3) is 0.300. The standard InChI is InChI=1S/C10H10ClNO3/c11-7-2-1-6(12)5-9(7)15-8-3-4-14-10(8)13/h1-2,5,8H,3-4,12H2. The molecule has 15 heavy (non-hydrogen) atoms. The number of hydrogen-bond acceptors (Lipinski definition) is 4. The van der Waals surface area contributed by atoms with E-state index in [4.69, 9.17) is 26.8 Å². The van der Waals surface area contributed by atoms with Crippen LogP contribution in [0.1, 0.15) is 6.42 Å². The van der Waals surface area contributed by atoms with Crippen LogP contribution in [-0.4, -0.2) is 18.7 Å². The van der Waals surface area contributed by atoms with Crippen molar-refractivity contribution in [3.8, 4) is 5.75 Å². The van der Waals surface area contributed by atoms with Crippen molar-refractivity contribution in [1.29, 1.82) is 0 Å². The largest absolute Gasteiger partial charge is 0.477 e. The quantitative estimate of drug-likeness (QED) is 0.616. The van der Waals surface area contributed by atoms with Gasteiger partial charge in [-0.25, -0.2) is 4.79 Å². The molecule has 0 saturated carbocycles. The van der Waals surface area contributed by atoms with Gasteiger partial charge in [0.25, 0.3) is 0 Å². The van der Waals surface area contributed by atoms with Gasteiger partial charge in [0.2, 0.25) is 0 Å². The first-order valence-electron chi connectivity index (χ1n) is 4.55. The maximum absolute atomic E-state index is 11.2. The first-order chi connectivity index (χ1) is 7.16. The van der Waals surface area contributed by atoms with E-state index in [1.807, 2.05) is 0 Å². The molecule has 0 aliphatic carbocycles. The molecule has 1 atom stereocenters. The molecule has 5 heteroatoms. The number of rotatable bonds is 2. The van der Waals surface area contributed by atoms with Gasteiger partial charge in [0.1, 0.15) is 5.75 Å². The van der Waals surface area contributed by atoms with Crippen LogP contribution in [0.3, 0.4) is 0 Å². The van der Waals surface area contributed by atoms with E-state index in [0.717, 1.165) is 0 Å². The molecule has 1 fully saturated rings. The van der Waals surface area contributed by atoms with Gasteiger partial charge in [0, 0.05) is 18.2 Å². The Morgan fingerprint density at radius 1 is 1.53 bits per heavy atom. The Hall–Kier alpha value is -1.42. The minimum absolute atomic E-state index is 0.353. The van der Waals surface area contributed by atoms with Crippen molar-refractivity contribution in [2.45, 2.75) is 12.5 Å². The molecule has 4 nitrogen and oxygen atoms in total. The Morgan fingerprint density at radius 2 is 2.33 bits per heavy atom. The second kappa shape index (κ2) is 3.98. The zero-order valence-electron chi connectivity index (χ0n) is 7.90. The third kappa shape index (κ3) is 2.15. The molecule has 0 bridgehead atoms. The van der Waals surface area contributed by atoms with Gasteiger partial charge < -0.3 is 15.2 Å². The van der Waals surface area contributed by atoms with Gasteiger partial charge in [-0.05, 0) is 12.1 Å². The number of carbonyl (C=O) groups excluding carboxylic acids is 1. The van der Waals surface area contributed by atoms with E-state index in [9.17, 15) is 4.79 Å². The summed E-state index contributed by atoms with van der Waals surface area (Å²) in [4.78, 5) is 11.2. The van der Waals surface area contributed by atoms with Crippen molar-refractivity contribution in [1.82, 2.24) is 0 Å². The van der Waals surface area contributed by atoms with Crippen molar-refractivity contribution < 1.29 is 14.3 Å². The summed E-state index contributed by atoms with van der Waals surface area (Å²) < 4.78 is 10.2. The van der Waals surface area contributed by atoms with Crippen LogP contribution in [0.2, 0.25) is 5.02 Å². The Kier molecular flexibility index (Phi) is 2.68. The van der Waals surface area contributed by atoms with Crippen LogP contribution in [0.15, 0.2) is 18.2 Å². The molecule has 1 aromatic rings. The fourth-order valence-corrected chi connectivity index (χ4v) is 1.51. The summed E-state index contributed by atoms with van der Waals surface area (Å²) in [5.41, 5.74) is 6.12. The minimum Gasteiger partial charge on any atom is -0.477 e. The highest BCUT2D eigenvalue weighted by atomic mass is 35.5. The molecular formula is C10H10ClNO3. The number of hydrogen-bond donors (Lipinski definition) is 1. The van der Waals surface area contributed by atoms with Crippen molar-refractivity contribution in [2.75, 3.05) is 12.3 Å². The lowest BCUT2D eigenvalue weighted by Gasteiger charge is -2.11. The summed E-state index contributed by atoms with van der Waals surface area (Å²) in [7, 11) is 0. The first kappa shape index (κ1) is 10.1. The number of cyclic esters (lactones) is 1. The highest BCUT2D eigenvalue weighted by molar-refractivity contribution is 6.32. The van der Waals surface area contributed by atoms with Crippen LogP contribution < -0.4 is 10.5 Å². The molecule has 2 N–H and O–H groups in total. The average Bonchev–Trinajstić information content (AvgIpc) is 2.58. The summed E-state index contributed by atoms with van der Waals surface area (Å²) in [6.07, 6.45) is -0.0199. The molecule has 0 radical (unpaired) electrons. The van der Waals surface area contributed by atoms with Crippen LogP contribution in [0.5, 0.6) is 5.75 Å². The summed E-state index contributed by atoms with van der Waals surface area (Å²) in [5, 5.41) is 0.434. The predicted molar refractivity (Wildman–Crippen MR) is 55.9 cm³/mol. The summed E-state index contributed by atoms with van der Waals surface area (Å²) in [6, 6.07) is 4.89. The Balaban J connectivity index is 2.16. The maximum atomic E-state index is 11.2. The van der Waals surface area contributed by atoms with E-state index in [1.54, 1.807) is 18.2 Å². The Labute approximate surface area is 91.9 Å². The smallest absolute Gasteiger partial charge is 0.347 e. The van der Waals surface area contributed by atoms with Gasteiger partial charge in [-0.2, -0.15) is 0 Å². The fourth-order valence-electron chi connectivity index (χ4n) is 1.35. The number of anilines is 1. The molecule has 0 spiro atoms. The van der Waals surface area contributed by atoms with Crippen molar-refractivity contribution >= 4 is 23.3 Å². The minimum atomic E-state index is -0.565. The van der Waals surface area contributed by atoms with E-state index < -0.39 is 6.10 Å². The van der Waals surface area contributed by atoms with E-state index in [1.165, 1.54) is 0 Å². The average molecular weight is 228 g/mol. The molecule has 2 rings (SSSR count). The van der Waals surface area contributed by atoms with E-state index in [2.05, 4.69) is 0 Å². The summed E-state index contributed by atoms with van der Waals surface area (Å²) >= 11 is 5.89. The van der Waals surface area contributed by atoms with Gasteiger partial charge in [-0.1, -0.05) is 11.6 Å². The van der Waals surface area contributed by atoms with Crippen LogP contribution in [0, 0.1) is 0 Å². The van der Waals surface area contributed by atoms with Crippen molar-refractivity contribution in [2.24, 2.45) is 0 Å². The van der Waals surface area contributed by atoms with Gasteiger partial charge >= 0.3 is 5.97 Å². The monoisotopic (exact) mass is 227 g/mol. The molecule has 1 aromatic carbocycles. The lowest BCUT2D eigenvalue weighted by Crippen LogP contribution is -2.21. The zero-order valence-corrected chi connectivity index (χ0v) is 8.66. The number of carbonyl (C=O) groups is 1. The molecule has 1 heterocycles. The second-order valence-electron chi connectivity index (χ2n) is 3.25. The lowest BCUT2D eigenvalue weighted by molar-refractivity contribution is -0.143. The molecule has 1 saturated heterocycles. The highest BCUT2D eigenvalue weighted by Crippen LogP contribution is 2.28. The number of halogens is 1. The molecular weight excluding hydrogens is 218 g/mol. The number of nitrogen functional groups attached to an aromatic ring is 1. The van der Waals surface area contributed by atoms with Crippen molar-refractivity contribution in [3.63, 3.8) is 0 Å². The SMILES string of the molecule is Nc1ccc(Cl)c(OC2CCOC2=O)c1. The van der Waals surface area contributed by atoms with Crippen molar-refractivity contribution in [3.05, 3.63) is 23.2 Å². The van der Waals surface area contributed by atoms with Gasteiger partial charge in [0.15, 0.2) is 6.10 Å². The predicted octanol–water partition coefficient (Wildman–Crippen LogP) is 1.62. The molecule has 0 amide bonds. The molecule has 80 valence electrons. The number of benzene rings is 1. The van der Waals surface area contributed by atoms with Gasteiger partial charge in [-0.15, -0.1) is 0 Å². The van der Waals surface area contributed by atoms with Crippen LogP contribution >= 0.6 is 11.6 Å². The molecule has 1 aliphatic heterocycles. The van der Waals surface area contributed by atoms with E-state index >= 15 is 0 Å². The Bertz CT molecular complexity index is 394. The molecule has 1 aliphatic rings. The zero-order chi connectivity index (χ0) is 10.8. The number of esters is 1. The molecule has 0 aromatic heterocycles. The summed E-state index contributed by atoms with van der Waals surface area (Å²) in [6.45, 7) is 0.392. The van der Waals surface area contributed by atoms with Crippen LogP contribution in [0.25, 0.3) is 0 Å². The summed E-state index contributed by atoms with van der Waals surface area (Å²) in [5.74, 6) is 0.0639. The third-order valence-corrected chi connectivity index (χ3v) is 2.42. The highest BCUT2D eigenvalue weighted by Gasteiger charge is 2.28. The van der Waals surface area contributed by atoms with E-state index in [0.29, 0.717) is 29.5 Å². The lowest BCUT2D eigenvalue weighted by atomic mass is 10.3. The number of nitrogens with two attached hydrogens (primary N) is 1. The maximum Gasteiger partial charge on any atom is 0.347 e.